The summed E-state index contributed by atoms with van der Waals surface area (Å²) in [6.07, 6.45) is 0. The van der Waals surface area contributed by atoms with E-state index in [0.717, 1.165) is 0 Å². The second kappa shape index (κ2) is 5.95. The molecule has 0 amide bonds. The van der Waals surface area contributed by atoms with Crippen molar-refractivity contribution in [2.75, 3.05) is 11.5 Å². The highest BCUT2D eigenvalue weighted by Gasteiger charge is 2.31. The van der Waals surface area contributed by atoms with E-state index < -0.39 is 46.1 Å². The fraction of sp³-hybridized carbons (Fsp3) is 0. The Labute approximate surface area is 165 Å². The minimum Gasteiger partial charge on any atom is -0.478 e. The molecule has 4 aromatic rings. The minimum atomic E-state index is -1.57. The number of hydrogen-bond acceptors (Lipinski definition) is 6. The van der Waals surface area contributed by atoms with Gasteiger partial charge in [0.2, 0.25) is 0 Å². The van der Waals surface area contributed by atoms with Crippen molar-refractivity contribution in [1.29, 1.82) is 0 Å². The zero-order chi connectivity index (χ0) is 22.1. The third kappa shape index (κ3) is 2.30. The molecule has 10 nitrogen and oxygen atoms in total. The first-order valence-electron chi connectivity index (χ1n) is 8.35. The Kier molecular flexibility index (Phi) is 3.72. The first kappa shape index (κ1) is 18.7. The summed E-state index contributed by atoms with van der Waals surface area (Å²) in [5.74, 6) is -6.28. The third-order valence-electron chi connectivity index (χ3n) is 5.00. The van der Waals surface area contributed by atoms with E-state index in [4.69, 9.17) is 11.5 Å². The Morgan fingerprint density at radius 3 is 0.867 bits per heavy atom. The summed E-state index contributed by atoms with van der Waals surface area (Å²) in [6, 6.07) is 4.89. The molecule has 0 aliphatic heterocycles. The van der Waals surface area contributed by atoms with Crippen LogP contribution in [0.5, 0.6) is 0 Å². The van der Waals surface area contributed by atoms with Crippen molar-refractivity contribution in [2.45, 2.75) is 0 Å². The summed E-state index contributed by atoms with van der Waals surface area (Å²) in [4.78, 5) is 48.1. The van der Waals surface area contributed by atoms with Crippen LogP contribution in [0.4, 0.5) is 11.4 Å². The van der Waals surface area contributed by atoms with E-state index in [0.29, 0.717) is 0 Å². The van der Waals surface area contributed by atoms with Gasteiger partial charge in [-0.3, -0.25) is 0 Å². The van der Waals surface area contributed by atoms with Crippen molar-refractivity contribution in [3.8, 4) is 0 Å². The van der Waals surface area contributed by atoms with E-state index in [2.05, 4.69) is 0 Å². The lowest BCUT2D eigenvalue weighted by molar-refractivity contribution is 0.0654. The second-order valence-electron chi connectivity index (χ2n) is 6.70. The van der Waals surface area contributed by atoms with Gasteiger partial charge in [0.1, 0.15) is 0 Å². The molecule has 0 aliphatic rings. The maximum atomic E-state index is 12.0. The Hall–Kier alpha value is -4.60. The molecule has 0 aliphatic carbocycles. The molecule has 150 valence electrons. The monoisotopic (exact) mass is 408 g/mol. The van der Waals surface area contributed by atoms with E-state index in [-0.39, 0.29) is 43.7 Å². The molecule has 30 heavy (non-hydrogen) atoms. The Morgan fingerprint density at radius 1 is 0.500 bits per heavy atom. The maximum Gasteiger partial charge on any atom is 0.337 e. The summed E-state index contributed by atoms with van der Waals surface area (Å²) in [7, 11) is 0. The van der Waals surface area contributed by atoms with Gasteiger partial charge in [0.05, 0.1) is 22.3 Å². The molecule has 0 radical (unpaired) electrons. The summed E-state index contributed by atoms with van der Waals surface area (Å²) in [5.41, 5.74) is 9.18. The van der Waals surface area contributed by atoms with Gasteiger partial charge in [0, 0.05) is 32.9 Å². The summed E-state index contributed by atoms with van der Waals surface area (Å²) < 4.78 is 0. The highest BCUT2D eigenvalue weighted by molar-refractivity contribution is 6.37. The minimum absolute atomic E-state index is 0.0573. The van der Waals surface area contributed by atoms with Crippen LogP contribution in [0, 0.1) is 0 Å². The van der Waals surface area contributed by atoms with Gasteiger partial charge >= 0.3 is 23.9 Å². The van der Waals surface area contributed by atoms with E-state index >= 15 is 0 Å². The van der Waals surface area contributed by atoms with Crippen LogP contribution in [0.2, 0.25) is 0 Å². The second-order valence-corrected chi connectivity index (χ2v) is 6.70. The van der Waals surface area contributed by atoms with E-state index in [1.54, 1.807) is 0 Å². The molecule has 0 atom stereocenters. The highest BCUT2D eigenvalue weighted by atomic mass is 16.4. The lowest BCUT2D eigenvalue weighted by atomic mass is 9.82. The van der Waals surface area contributed by atoms with Crippen molar-refractivity contribution in [2.24, 2.45) is 0 Å². The summed E-state index contributed by atoms with van der Waals surface area (Å²) in [6.45, 7) is 0. The van der Waals surface area contributed by atoms with Crippen LogP contribution >= 0.6 is 0 Å². The number of nitrogens with two attached hydrogens (primary N) is 2. The number of aromatic carboxylic acids is 4. The molecule has 8 N–H and O–H groups in total. The van der Waals surface area contributed by atoms with Crippen molar-refractivity contribution in [3.05, 3.63) is 46.5 Å². The number of benzene rings is 4. The Morgan fingerprint density at radius 2 is 0.700 bits per heavy atom. The summed E-state index contributed by atoms with van der Waals surface area (Å²) in [5, 5.41) is 38.8. The van der Waals surface area contributed by atoms with Gasteiger partial charge in [-0.05, 0) is 35.0 Å². The number of anilines is 2. The van der Waals surface area contributed by atoms with Gasteiger partial charge in [0.25, 0.3) is 0 Å². The van der Waals surface area contributed by atoms with E-state index in [1.165, 1.54) is 24.3 Å². The molecular formula is C20H12N2O8. The molecule has 0 bridgehead atoms. The van der Waals surface area contributed by atoms with Crippen molar-refractivity contribution in [3.63, 3.8) is 0 Å². The van der Waals surface area contributed by atoms with Crippen molar-refractivity contribution >= 4 is 67.6 Å². The normalized spacial score (nSPS) is 11.3. The lowest BCUT2D eigenvalue weighted by Crippen LogP contribution is -2.14. The zero-order valence-corrected chi connectivity index (χ0v) is 14.9. The first-order valence-corrected chi connectivity index (χ1v) is 8.35. The SMILES string of the molecule is Nc1cc2c(C(=O)O)c(C(=O)O)c3cc(N)cc4c(C(=O)O)c(C(=O)O)c(c1)c2c34. The molecule has 0 saturated heterocycles. The quantitative estimate of drug-likeness (QED) is 0.215. The number of nitrogen functional groups attached to an aromatic ring is 2. The molecule has 0 fully saturated rings. The number of rotatable bonds is 4. The van der Waals surface area contributed by atoms with Crippen LogP contribution < -0.4 is 11.5 Å². The molecular weight excluding hydrogens is 396 g/mol. The molecule has 0 saturated carbocycles. The molecule has 0 spiro atoms. The van der Waals surface area contributed by atoms with Crippen LogP contribution in [0.15, 0.2) is 24.3 Å². The van der Waals surface area contributed by atoms with Crippen LogP contribution in [0.1, 0.15) is 41.4 Å². The average molecular weight is 408 g/mol. The molecule has 4 aromatic carbocycles. The average Bonchev–Trinajstić information content (AvgIpc) is 2.62. The van der Waals surface area contributed by atoms with Gasteiger partial charge < -0.3 is 31.9 Å². The largest absolute Gasteiger partial charge is 0.478 e. The Bertz CT molecular complexity index is 1260. The van der Waals surface area contributed by atoms with Crippen LogP contribution in [0.25, 0.3) is 32.3 Å². The smallest absolute Gasteiger partial charge is 0.337 e. The fourth-order valence-corrected chi connectivity index (χ4v) is 4.08. The fourth-order valence-electron chi connectivity index (χ4n) is 4.08. The predicted octanol–water partition coefficient (Wildman–Crippen LogP) is 2.54. The number of carbonyl (C=O) groups is 4. The summed E-state index contributed by atoms with van der Waals surface area (Å²) >= 11 is 0. The molecule has 0 unspecified atom stereocenters. The standard InChI is InChI=1S/C20H12N2O8/c21-5-1-7-11-8(2-5)15(19(27)28)16(20(29)30)10-4-6(22)3-9(12(10)11)14(18(25)26)13(7)17(23)24/h1-4H,21-22H2,(H,23,24)(H,25,26)(H,27,28)(H,29,30). The number of hydrogen-bond donors (Lipinski definition) is 6. The van der Waals surface area contributed by atoms with E-state index in [9.17, 15) is 39.6 Å². The van der Waals surface area contributed by atoms with Gasteiger partial charge in [-0.2, -0.15) is 0 Å². The van der Waals surface area contributed by atoms with Crippen LogP contribution in [-0.4, -0.2) is 44.3 Å². The Balaban J connectivity index is 2.57. The topological polar surface area (TPSA) is 201 Å². The van der Waals surface area contributed by atoms with E-state index in [1.807, 2.05) is 0 Å². The predicted molar refractivity (Wildman–Crippen MR) is 107 cm³/mol. The lowest BCUT2D eigenvalue weighted by Gasteiger charge is -2.20. The molecule has 0 aromatic heterocycles. The first-order chi connectivity index (χ1) is 14.0. The van der Waals surface area contributed by atoms with Crippen molar-refractivity contribution < 1.29 is 39.6 Å². The van der Waals surface area contributed by atoms with Gasteiger partial charge in [0.15, 0.2) is 0 Å². The number of carboxylic acids is 4. The highest BCUT2D eigenvalue weighted by Crippen LogP contribution is 2.44. The molecule has 0 heterocycles. The van der Waals surface area contributed by atoms with Crippen molar-refractivity contribution in [1.82, 2.24) is 0 Å². The maximum absolute atomic E-state index is 12.0. The molecule has 4 rings (SSSR count). The van der Waals surface area contributed by atoms with Gasteiger partial charge in [-0.25, -0.2) is 19.2 Å². The molecule has 10 heteroatoms. The van der Waals surface area contributed by atoms with Gasteiger partial charge in [-0.15, -0.1) is 0 Å². The van der Waals surface area contributed by atoms with Crippen LogP contribution in [-0.2, 0) is 0 Å². The van der Waals surface area contributed by atoms with Gasteiger partial charge in [-0.1, -0.05) is 0 Å². The zero-order valence-electron chi connectivity index (χ0n) is 14.9. The number of carboxylic acid groups (broad SMARTS) is 4. The third-order valence-corrected chi connectivity index (χ3v) is 5.00. The van der Waals surface area contributed by atoms with Crippen LogP contribution in [0.3, 0.4) is 0 Å².